The summed E-state index contributed by atoms with van der Waals surface area (Å²) in [6.45, 7) is 0. The van der Waals surface area contributed by atoms with Crippen molar-refractivity contribution in [3.63, 3.8) is 0 Å². The molecule has 0 saturated carbocycles. The number of hydrogen-bond acceptors (Lipinski definition) is 4. The highest BCUT2D eigenvalue weighted by Gasteiger charge is 2.37. The first-order valence-electron chi connectivity index (χ1n) is 7.86. The summed E-state index contributed by atoms with van der Waals surface area (Å²) in [6, 6.07) is 5.19. The summed E-state index contributed by atoms with van der Waals surface area (Å²) in [7, 11) is 1.15. The largest absolute Gasteiger partial charge is 0.457 e. The standard InChI is InChI=1S/C17H9BrClF4N3O4/c1-25-14(27)24-15(28)26(16(25)29)12-6-7(2-3-9(12)18)30-8-4-10(19)13(11(20)5-8)17(21,22)23/h2-6H,1H3,(H,24,27,28). The lowest BCUT2D eigenvalue weighted by atomic mass is 10.2. The molecule has 0 atom stereocenters. The SMILES string of the molecule is Cn1c(=O)[nH]c(=O)n(-c2cc(Oc3cc(F)c(C(F)(F)F)c(Cl)c3)ccc2Br)c1=O. The van der Waals surface area contributed by atoms with Gasteiger partial charge in [-0.2, -0.15) is 13.2 Å². The van der Waals surface area contributed by atoms with Gasteiger partial charge in [0.05, 0.1) is 10.7 Å². The third-order valence-corrected chi connectivity index (χ3v) is 4.86. The van der Waals surface area contributed by atoms with E-state index in [0.29, 0.717) is 15.2 Å². The number of alkyl halides is 3. The molecule has 3 rings (SSSR count). The summed E-state index contributed by atoms with van der Waals surface area (Å²) in [5.74, 6) is -2.03. The van der Waals surface area contributed by atoms with Gasteiger partial charge in [0.25, 0.3) is 0 Å². The quantitative estimate of drug-likeness (QED) is 0.546. The van der Waals surface area contributed by atoms with Crippen molar-refractivity contribution in [2.24, 2.45) is 7.05 Å². The van der Waals surface area contributed by atoms with E-state index in [0.717, 1.165) is 13.1 Å². The molecule has 0 spiro atoms. The number of ether oxygens (including phenoxy) is 1. The summed E-state index contributed by atoms with van der Waals surface area (Å²) in [6.07, 6.45) is -4.99. The predicted octanol–water partition coefficient (Wildman–Crippen LogP) is 3.59. The summed E-state index contributed by atoms with van der Waals surface area (Å²) < 4.78 is 59.3. The number of H-pyrrole nitrogens is 1. The molecule has 2 aromatic carbocycles. The maximum Gasteiger partial charge on any atom is 0.420 e. The van der Waals surface area contributed by atoms with Crippen molar-refractivity contribution in [1.82, 2.24) is 14.1 Å². The van der Waals surface area contributed by atoms with E-state index >= 15 is 0 Å². The Morgan fingerprint density at radius 2 is 1.73 bits per heavy atom. The van der Waals surface area contributed by atoms with Crippen LogP contribution < -0.4 is 21.8 Å². The minimum Gasteiger partial charge on any atom is -0.457 e. The van der Waals surface area contributed by atoms with Crippen LogP contribution in [0.25, 0.3) is 5.69 Å². The number of rotatable bonds is 3. The topological polar surface area (TPSA) is 86.1 Å². The fourth-order valence-electron chi connectivity index (χ4n) is 2.51. The van der Waals surface area contributed by atoms with Crippen LogP contribution in [0.5, 0.6) is 11.5 Å². The van der Waals surface area contributed by atoms with Crippen molar-refractivity contribution >= 4 is 27.5 Å². The second-order valence-corrected chi connectivity index (χ2v) is 7.15. The smallest absolute Gasteiger partial charge is 0.420 e. The summed E-state index contributed by atoms with van der Waals surface area (Å²) in [5, 5.41) is -0.902. The molecule has 0 bridgehead atoms. The zero-order valence-corrected chi connectivity index (χ0v) is 17.0. The Morgan fingerprint density at radius 1 is 1.07 bits per heavy atom. The highest BCUT2D eigenvalue weighted by molar-refractivity contribution is 9.10. The van der Waals surface area contributed by atoms with Gasteiger partial charge in [0.1, 0.15) is 22.9 Å². The number of hydrogen-bond donors (Lipinski definition) is 1. The molecule has 0 unspecified atom stereocenters. The molecule has 13 heteroatoms. The molecule has 3 aromatic rings. The van der Waals surface area contributed by atoms with Crippen molar-refractivity contribution in [3.8, 4) is 17.2 Å². The van der Waals surface area contributed by atoms with E-state index in [4.69, 9.17) is 16.3 Å². The van der Waals surface area contributed by atoms with Crippen LogP contribution in [0, 0.1) is 5.82 Å². The molecule has 0 aliphatic rings. The van der Waals surface area contributed by atoms with E-state index in [1.54, 1.807) is 0 Å². The Bertz CT molecular complexity index is 1310. The van der Waals surface area contributed by atoms with Gasteiger partial charge in [-0.05, 0) is 28.1 Å². The van der Waals surface area contributed by atoms with Crippen molar-refractivity contribution in [2.75, 3.05) is 0 Å². The van der Waals surface area contributed by atoms with Gasteiger partial charge in [-0.15, -0.1) is 0 Å². The first-order valence-corrected chi connectivity index (χ1v) is 9.03. The first-order chi connectivity index (χ1) is 13.9. The predicted molar refractivity (Wildman–Crippen MR) is 102 cm³/mol. The molecule has 7 nitrogen and oxygen atoms in total. The second kappa shape index (κ2) is 7.76. The molecule has 0 aliphatic carbocycles. The molecule has 0 fully saturated rings. The maximum absolute atomic E-state index is 13.9. The van der Waals surface area contributed by atoms with Crippen molar-refractivity contribution in [2.45, 2.75) is 6.18 Å². The van der Waals surface area contributed by atoms with Crippen molar-refractivity contribution in [3.05, 3.63) is 82.7 Å². The van der Waals surface area contributed by atoms with E-state index in [1.807, 2.05) is 4.98 Å². The Balaban J connectivity index is 2.09. The average Bonchev–Trinajstić information content (AvgIpc) is 2.60. The minimum absolute atomic E-state index is 0.0344. The molecule has 0 amide bonds. The van der Waals surface area contributed by atoms with Crippen LogP contribution in [0.2, 0.25) is 5.02 Å². The van der Waals surface area contributed by atoms with Gasteiger partial charge < -0.3 is 4.74 Å². The first kappa shape index (κ1) is 21.8. The van der Waals surface area contributed by atoms with Crippen LogP contribution in [0.3, 0.4) is 0 Å². The molecule has 1 aromatic heterocycles. The van der Waals surface area contributed by atoms with Gasteiger partial charge in [0.15, 0.2) is 0 Å². The minimum atomic E-state index is -4.99. The van der Waals surface area contributed by atoms with Gasteiger partial charge in [0.2, 0.25) is 0 Å². The molecule has 1 N–H and O–H groups in total. The molecule has 158 valence electrons. The van der Waals surface area contributed by atoms with Gasteiger partial charge in [-0.25, -0.2) is 27.9 Å². The van der Waals surface area contributed by atoms with Gasteiger partial charge in [0, 0.05) is 29.7 Å². The Hall–Kier alpha value is -2.86. The van der Waals surface area contributed by atoms with Crippen LogP contribution in [0.15, 0.2) is 49.2 Å². The van der Waals surface area contributed by atoms with E-state index in [2.05, 4.69) is 15.9 Å². The Morgan fingerprint density at radius 3 is 2.33 bits per heavy atom. The van der Waals surface area contributed by atoms with Crippen LogP contribution in [0.4, 0.5) is 17.6 Å². The molecule has 1 heterocycles. The number of nitrogens with zero attached hydrogens (tertiary/aromatic N) is 2. The number of halogens is 6. The van der Waals surface area contributed by atoms with Gasteiger partial charge in [-0.1, -0.05) is 11.6 Å². The number of benzene rings is 2. The summed E-state index contributed by atoms with van der Waals surface area (Å²) >= 11 is 8.70. The zero-order chi connectivity index (χ0) is 22.4. The lowest BCUT2D eigenvalue weighted by Gasteiger charge is -2.14. The third-order valence-electron chi connectivity index (χ3n) is 3.89. The lowest BCUT2D eigenvalue weighted by molar-refractivity contribution is -0.139. The van der Waals surface area contributed by atoms with E-state index in [9.17, 15) is 31.9 Å². The number of aromatic nitrogens is 3. The van der Waals surface area contributed by atoms with E-state index in [-0.39, 0.29) is 21.7 Å². The second-order valence-electron chi connectivity index (χ2n) is 5.89. The maximum atomic E-state index is 13.9. The van der Waals surface area contributed by atoms with E-state index in [1.165, 1.54) is 18.2 Å². The van der Waals surface area contributed by atoms with Crippen LogP contribution in [-0.4, -0.2) is 14.1 Å². The van der Waals surface area contributed by atoms with Crippen molar-refractivity contribution < 1.29 is 22.3 Å². The molecule has 0 saturated heterocycles. The van der Waals surface area contributed by atoms with Crippen molar-refractivity contribution in [1.29, 1.82) is 0 Å². The average molecular weight is 511 g/mol. The summed E-state index contributed by atoms with van der Waals surface area (Å²) in [5.41, 5.74) is -4.56. The van der Waals surface area contributed by atoms with Crippen LogP contribution >= 0.6 is 27.5 Å². The third kappa shape index (κ3) is 4.05. The Labute approximate surface area is 177 Å². The van der Waals surface area contributed by atoms with Gasteiger partial charge >= 0.3 is 23.2 Å². The lowest BCUT2D eigenvalue weighted by Crippen LogP contribution is -2.47. The molecular weight excluding hydrogens is 502 g/mol. The Kier molecular flexibility index (Phi) is 5.65. The van der Waals surface area contributed by atoms with Crippen LogP contribution in [0.1, 0.15) is 5.56 Å². The van der Waals surface area contributed by atoms with Gasteiger partial charge in [-0.3, -0.25) is 4.98 Å². The molecule has 30 heavy (non-hydrogen) atoms. The molecular formula is C17H9BrClF4N3O4. The molecule has 0 radical (unpaired) electrons. The monoisotopic (exact) mass is 509 g/mol. The number of aromatic amines is 1. The molecule has 0 aliphatic heterocycles. The fraction of sp³-hybridized carbons (Fsp3) is 0.118. The fourth-order valence-corrected chi connectivity index (χ4v) is 3.24. The number of nitrogens with one attached hydrogen (secondary N) is 1. The normalized spacial score (nSPS) is 11.6. The van der Waals surface area contributed by atoms with Crippen LogP contribution in [-0.2, 0) is 13.2 Å². The van der Waals surface area contributed by atoms with E-state index < -0.39 is 39.6 Å². The highest BCUT2D eigenvalue weighted by Crippen LogP contribution is 2.39. The highest BCUT2D eigenvalue weighted by atomic mass is 79.9. The summed E-state index contributed by atoms with van der Waals surface area (Å²) in [4.78, 5) is 37.9. The zero-order valence-electron chi connectivity index (χ0n) is 14.7.